The maximum absolute atomic E-state index is 5.55. The van der Waals surface area contributed by atoms with Crippen LogP contribution in [-0.2, 0) is 0 Å². The summed E-state index contributed by atoms with van der Waals surface area (Å²) < 4.78 is 10.8. The summed E-state index contributed by atoms with van der Waals surface area (Å²) in [6.07, 6.45) is 0. The zero-order valence-corrected chi connectivity index (χ0v) is 15.1. The number of ether oxygens (including phenoxy) is 2. The summed E-state index contributed by atoms with van der Waals surface area (Å²) in [5.74, 6) is 2.20. The van der Waals surface area contributed by atoms with Gasteiger partial charge in [-0.1, -0.05) is 37.3 Å². The zero-order chi connectivity index (χ0) is 17.6. The smallest absolute Gasteiger partial charge is 0.121 e. The van der Waals surface area contributed by atoms with Crippen LogP contribution in [0.2, 0.25) is 0 Å². The molecule has 0 fully saturated rings. The standard InChI is InChI=1S/C22H25NO2/c1-4-25-22-7-5-6-20(14-22)23-15-16(2)17-8-9-19-13-21(24-3)11-10-18(19)12-17/h5-14,16,23H,4,15H2,1-3H3. The van der Waals surface area contributed by atoms with Gasteiger partial charge in [-0.2, -0.15) is 0 Å². The van der Waals surface area contributed by atoms with Crippen LogP contribution in [0.4, 0.5) is 5.69 Å². The fourth-order valence-corrected chi connectivity index (χ4v) is 2.93. The molecule has 0 amide bonds. The van der Waals surface area contributed by atoms with Gasteiger partial charge in [-0.05, 0) is 53.4 Å². The first kappa shape index (κ1) is 17.2. The molecule has 0 heterocycles. The average molecular weight is 335 g/mol. The predicted molar refractivity (Wildman–Crippen MR) is 105 cm³/mol. The number of hydrogen-bond donors (Lipinski definition) is 1. The van der Waals surface area contributed by atoms with Crippen molar-refractivity contribution in [2.45, 2.75) is 19.8 Å². The van der Waals surface area contributed by atoms with Crippen LogP contribution in [0.15, 0.2) is 60.7 Å². The minimum atomic E-state index is 0.405. The SMILES string of the molecule is CCOc1cccc(NCC(C)c2ccc3cc(OC)ccc3c2)c1. The number of fused-ring (bicyclic) bond motifs is 1. The molecule has 0 aliphatic carbocycles. The normalized spacial score (nSPS) is 12.0. The number of rotatable bonds is 7. The molecule has 0 aliphatic heterocycles. The molecule has 0 aliphatic rings. The summed E-state index contributed by atoms with van der Waals surface area (Å²) in [7, 11) is 1.70. The molecule has 3 aromatic rings. The summed E-state index contributed by atoms with van der Waals surface area (Å²) >= 11 is 0. The Labute approximate surface area is 149 Å². The first-order chi connectivity index (χ1) is 12.2. The Morgan fingerprint density at radius 3 is 2.52 bits per heavy atom. The van der Waals surface area contributed by atoms with Crippen LogP contribution in [0.25, 0.3) is 10.8 Å². The maximum atomic E-state index is 5.55. The molecule has 0 spiro atoms. The second-order valence-electron chi connectivity index (χ2n) is 6.22. The van der Waals surface area contributed by atoms with Crippen molar-refractivity contribution in [3.05, 3.63) is 66.2 Å². The molecule has 3 rings (SSSR count). The molecule has 3 aromatic carbocycles. The van der Waals surface area contributed by atoms with E-state index in [1.165, 1.54) is 16.3 Å². The molecular weight excluding hydrogens is 310 g/mol. The zero-order valence-electron chi connectivity index (χ0n) is 15.1. The van der Waals surface area contributed by atoms with E-state index in [0.29, 0.717) is 12.5 Å². The van der Waals surface area contributed by atoms with Gasteiger partial charge < -0.3 is 14.8 Å². The number of hydrogen-bond acceptors (Lipinski definition) is 3. The first-order valence-electron chi connectivity index (χ1n) is 8.74. The van der Waals surface area contributed by atoms with E-state index in [4.69, 9.17) is 9.47 Å². The molecule has 1 N–H and O–H groups in total. The van der Waals surface area contributed by atoms with Gasteiger partial charge in [0.25, 0.3) is 0 Å². The molecule has 130 valence electrons. The highest BCUT2D eigenvalue weighted by molar-refractivity contribution is 5.84. The maximum Gasteiger partial charge on any atom is 0.121 e. The Morgan fingerprint density at radius 2 is 1.72 bits per heavy atom. The Morgan fingerprint density at radius 1 is 0.920 bits per heavy atom. The molecule has 0 bridgehead atoms. The monoisotopic (exact) mass is 335 g/mol. The van der Waals surface area contributed by atoms with Crippen LogP contribution in [-0.4, -0.2) is 20.3 Å². The van der Waals surface area contributed by atoms with Crippen LogP contribution in [0.5, 0.6) is 11.5 Å². The molecule has 0 radical (unpaired) electrons. The number of nitrogens with one attached hydrogen (secondary N) is 1. The minimum absolute atomic E-state index is 0.405. The van der Waals surface area contributed by atoms with E-state index >= 15 is 0 Å². The fraction of sp³-hybridized carbons (Fsp3) is 0.273. The number of methoxy groups -OCH3 is 1. The Bertz CT molecular complexity index is 844. The van der Waals surface area contributed by atoms with Crippen LogP contribution >= 0.6 is 0 Å². The van der Waals surface area contributed by atoms with E-state index in [9.17, 15) is 0 Å². The van der Waals surface area contributed by atoms with Crippen LogP contribution in [0.1, 0.15) is 25.3 Å². The van der Waals surface area contributed by atoms with Gasteiger partial charge in [0.05, 0.1) is 13.7 Å². The van der Waals surface area contributed by atoms with Crippen molar-refractivity contribution in [1.29, 1.82) is 0 Å². The van der Waals surface area contributed by atoms with E-state index in [-0.39, 0.29) is 0 Å². The molecule has 3 nitrogen and oxygen atoms in total. The third-order valence-corrected chi connectivity index (χ3v) is 4.40. The lowest BCUT2D eigenvalue weighted by Gasteiger charge is -2.15. The van der Waals surface area contributed by atoms with E-state index in [2.05, 4.69) is 48.6 Å². The van der Waals surface area contributed by atoms with Gasteiger partial charge >= 0.3 is 0 Å². The molecule has 3 heteroatoms. The molecule has 1 unspecified atom stereocenters. The predicted octanol–water partition coefficient (Wildman–Crippen LogP) is 5.46. The van der Waals surface area contributed by atoms with Crippen LogP contribution < -0.4 is 14.8 Å². The highest BCUT2D eigenvalue weighted by Crippen LogP contribution is 2.26. The van der Waals surface area contributed by atoms with Crippen molar-refractivity contribution < 1.29 is 9.47 Å². The highest BCUT2D eigenvalue weighted by atomic mass is 16.5. The van der Waals surface area contributed by atoms with Gasteiger partial charge in [0.1, 0.15) is 11.5 Å². The van der Waals surface area contributed by atoms with Gasteiger partial charge in [0.2, 0.25) is 0 Å². The van der Waals surface area contributed by atoms with Crippen molar-refractivity contribution in [1.82, 2.24) is 0 Å². The third-order valence-electron chi connectivity index (χ3n) is 4.40. The molecule has 25 heavy (non-hydrogen) atoms. The van der Waals surface area contributed by atoms with Crippen LogP contribution in [0, 0.1) is 0 Å². The molecule has 0 aromatic heterocycles. The third kappa shape index (κ3) is 4.24. The lowest BCUT2D eigenvalue weighted by Crippen LogP contribution is -2.10. The van der Waals surface area contributed by atoms with Crippen molar-refractivity contribution in [2.75, 3.05) is 25.6 Å². The largest absolute Gasteiger partial charge is 0.497 e. The Balaban J connectivity index is 1.69. The summed E-state index contributed by atoms with van der Waals surface area (Å²) in [6, 6.07) is 20.9. The van der Waals surface area contributed by atoms with Crippen molar-refractivity contribution in [3.63, 3.8) is 0 Å². The fourth-order valence-electron chi connectivity index (χ4n) is 2.93. The minimum Gasteiger partial charge on any atom is -0.497 e. The summed E-state index contributed by atoms with van der Waals surface area (Å²) in [4.78, 5) is 0. The summed E-state index contributed by atoms with van der Waals surface area (Å²) in [5, 5.41) is 5.95. The van der Waals surface area contributed by atoms with Crippen molar-refractivity contribution >= 4 is 16.5 Å². The number of anilines is 1. The second-order valence-corrected chi connectivity index (χ2v) is 6.22. The van der Waals surface area contributed by atoms with E-state index < -0.39 is 0 Å². The van der Waals surface area contributed by atoms with E-state index in [1.54, 1.807) is 7.11 Å². The lowest BCUT2D eigenvalue weighted by molar-refractivity contribution is 0.340. The molecule has 1 atom stereocenters. The quantitative estimate of drug-likeness (QED) is 0.621. The molecule has 0 saturated carbocycles. The summed E-state index contributed by atoms with van der Waals surface area (Å²) in [6.45, 7) is 5.79. The van der Waals surface area contributed by atoms with Gasteiger partial charge in [0.15, 0.2) is 0 Å². The van der Waals surface area contributed by atoms with Gasteiger partial charge in [0, 0.05) is 18.3 Å². The van der Waals surface area contributed by atoms with Gasteiger partial charge in [-0.3, -0.25) is 0 Å². The highest BCUT2D eigenvalue weighted by Gasteiger charge is 2.07. The molecule has 0 saturated heterocycles. The van der Waals surface area contributed by atoms with E-state index in [1.807, 2.05) is 31.2 Å². The number of benzene rings is 3. The van der Waals surface area contributed by atoms with Crippen molar-refractivity contribution in [3.8, 4) is 11.5 Å². The van der Waals surface area contributed by atoms with Crippen molar-refractivity contribution in [2.24, 2.45) is 0 Å². The second kappa shape index (κ2) is 7.93. The van der Waals surface area contributed by atoms with E-state index in [0.717, 1.165) is 23.7 Å². The average Bonchev–Trinajstić information content (AvgIpc) is 2.66. The first-order valence-corrected chi connectivity index (χ1v) is 8.74. The Hall–Kier alpha value is -2.68. The molecular formula is C22H25NO2. The van der Waals surface area contributed by atoms with Crippen LogP contribution in [0.3, 0.4) is 0 Å². The lowest BCUT2D eigenvalue weighted by atomic mass is 9.97. The van der Waals surface area contributed by atoms with Gasteiger partial charge in [-0.15, -0.1) is 0 Å². The Kier molecular flexibility index (Phi) is 5.44. The topological polar surface area (TPSA) is 30.5 Å². The summed E-state index contributed by atoms with van der Waals surface area (Å²) in [5.41, 5.74) is 2.41. The van der Waals surface area contributed by atoms with Gasteiger partial charge in [-0.25, -0.2) is 0 Å².